The van der Waals surface area contributed by atoms with Crippen LogP contribution >= 0.6 is 0 Å². The lowest BCUT2D eigenvalue weighted by Gasteiger charge is -2.30. The highest BCUT2D eigenvalue weighted by atomic mass is 16.3. The Balaban J connectivity index is 2.10. The molecule has 0 radical (unpaired) electrons. The summed E-state index contributed by atoms with van der Waals surface area (Å²) in [5, 5.41) is 12.6. The number of amides is 2. The molecule has 0 saturated carbocycles. The van der Waals surface area contributed by atoms with Crippen LogP contribution in [0, 0.1) is 5.41 Å². The van der Waals surface area contributed by atoms with Crippen molar-refractivity contribution in [3.05, 3.63) is 29.8 Å². The molecule has 126 valence electrons. The van der Waals surface area contributed by atoms with Crippen LogP contribution in [-0.2, 0) is 4.79 Å². The Bertz CT molecular complexity index is 583. The number of likely N-dealkylation sites (tertiary alicyclic amines) is 1. The van der Waals surface area contributed by atoms with Gasteiger partial charge in [0, 0.05) is 29.8 Å². The number of carbonyl (C=O) groups is 2. The zero-order valence-corrected chi connectivity index (χ0v) is 14.1. The van der Waals surface area contributed by atoms with Gasteiger partial charge < -0.3 is 15.3 Å². The topological polar surface area (TPSA) is 69.6 Å². The van der Waals surface area contributed by atoms with Gasteiger partial charge >= 0.3 is 0 Å². The number of nitrogens with one attached hydrogen (secondary N) is 1. The van der Waals surface area contributed by atoms with Crippen LogP contribution in [-0.4, -0.2) is 41.0 Å². The van der Waals surface area contributed by atoms with E-state index < -0.39 is 11.5 Å². The smallest absolute Gasteiger partial charge is 0.254 e. The number of piperidine rings is 1. The largest absolute Gasteiger partial charge is 0.391 e. The zero-order chi connectivity index (χ0) is 17.0. The molecule has 1 aliphatic heterocycles. The van der Waals surface area contributed by atoms with Gasteiger partial charge in [-0.3, -0.25) is 9.59 Å². The molecule has 0 aliphatic carbocycles. The predicted octanol–water partition coefficient (Wildman–Crippen LogP) is 2.66. The van der Waals surface area contributed by atoms with Gasteiger partial charge in [-0.15, -0.1) is 0 Å². The van der Waals surface area contributed by atoms with Crippen LogP contribution in [0.25, 0.3) is 0 Å². The van der Waals surface area contributed by atoms with E-state index in [1.54, 1.807) is 29.2 Å². The summed E-state index contributed by atoms with van der Waals surface area (Å²) in [5.74, 6) is -0.160. The van der Waals surface area contributed by atoms with Gasteiger partial charge in [-0.05, 0) is 37.5 Å². The molecular weight excluding hydrogens is 292 g/mol. The molecule has 2 N–H and O–H groups in total. The Hall–Kier alpha value is -1.88. The average molecular weight is 318 g/mol. The number of rotatable bonds is 4. The van der Waals surface area contributed by atoms with Crippen molar-refractivity contribution >= 4 is 17.5 Å². The third kappa shape index (κ3) is 4.32. The van der Waals surface area contributed by atoms with Crippen molar-refractivity contribution in [2.24, 2.45) is 5.41 Å². The van der Waals surface area contributed by atoms with Crippen molar-refractivity contribution in [3.63, 3.8) is 0 Å². The van der Waals surface area contributed by atoms with Crippen molar-refractivity contribution < 1.29 is 14.7 Å². The number of carbonyl (C=O) groups excluding carboxylic acids is 2. The molecule has 1 fully saturated rings. The summed E-state index contributed by atoms with van der Waals surface area (Å²) in [4.78, 5) is 26.5. The molecule has 1 aliphatic rings. The fourth-order valence-corrected chi connectivity index (χ4v) is 2.51. The molecule has 2 rings (SSSR count). The highest BCUT2D eigenvalue weighted by molar-refractivity contribution is 5.98. The van der Waals surface area contributed by atoms with Gasteiger partial charge in [0.05, 0.1) is 6.10 Å². The Morgan fingerprint density at radius 3 is 2.78 bits per heavy atom. The first-order valence-electron chi connectivity index (χ1n) is 8.22. The van der Waals surface area contributed by atoms with Gasteiger partial charge in [0.2, 0.25) is 5.91 Å². The van der Waals surface area contributed by atoms with E-state index in [-0.39, 0.29) is 11.8 Å². The normalized spacial score (nSPS) is 18.6. The summed E-state index contributed by atoms with van der Waals surface area (Å²) in [6.45, 7) is 6.80. The van der Waals surface area contributed by atoms with Crippen molar-refractivity contribution in [1.29, 1.82) is 0 Å². The van der Waals surface area contributed by atoms with Gasteiger partial charge in [-0.1, -0.05) is 26.8 Å². The number of anilines is 1. The van der Waals surface area contributed by atoms with Crippen molar-refractivity contribution in [3.8, 4) is 0 Å². The minimum atomic E-state index is -0.447. The highest BCUT2D eigenvalue weighted by Crippen LogP contribution is 2.23. The Morgan fingerprint density at radius 1 is 1.39 bits per heavy atom. The van der Waals surface area contributed by atoms with Gasteiger partial charge in [0.1, 0.15) is 0 Å². The molecule has 2 amide bonds. The lowest BCUT2D eigenvalue weighted by Crippen LogP contribution is -2.42. The Morgan fingerprint density at radius 2 is 2.13 bits per heavy atom. The molecular formula is C18H26N2O3. The molecule has 0 spiro atoms. The van der Waals surface area contributed by atoms with E-state index in [4.69, 9.17) is 0 Å². The molecule has 1 saturated heterocycles. The third-order valence-corrected chi connectivity index (χ3v) is 4.55. The van der Waals surface area contributed by atoms with Gasteiger partial charge in [0.15, 0.2) is 0 Å². The van der Waals surface area contributed by atoms with Crippen LogP contribution in [0.3, 0.4) is 0 Å². The van der Waals surface area contributed by atoms with E-state index in [0.717, 1.165) is 19.3 Å². The number of benzene rings is 1. The summed E-state index contributed by atoms with van der Waals surface area (Å²) in [6, 6.07) is 6.99. The van der Waals surface area contributed by atoms with Gasteiger partial charge in [-0.25, -0.2) is 0 Å². The van der Waals surface area contributed by atoms with Crippen LogP contribution in [0.5, 0.6) is 0 Å². The van der Waals surface area contributed by atoms with Crippen LogP contribution in [0.2, 0.25) is 0 Å². The van der Waals surface area contributed by atoms with Crippen LogP contribution in [0.15, 0.2) is 24.3 Å². The molecule has 23 heavy (non-hydrogen) atoms. The van der Waals surface area contributed by atoms with E-state index >= 15 is 0 Å². The molecule has 1 atom stereocenters. The monoisotopic (exact) mass is 318 g/mol. The molecule has 1 unspecified atom stereocenters. The average Bonchev–Trinajstić information content (AvgIpc) is 2.54. The van der Waals surface area contributed by atoms with Crippen LogP contribution in [0.1, 0.15) is 50.4 Å². The van der Waals surface area contributed by atoms with Crippen LogP contribution in [0.4, 0.5) is 5.69 Å². The minimum absolute atomic E-state index is 0.0574. The number of aliphatic hydroxyl groups is 1. The molecule has 1 heterocycles. The number of hydrogen-bond acceptors (Lipinski definition) is 3. The summed E-state index contributed by atoms with van der Waals surface area (Å²) >= 11 is 0. The van der Waals surface area contributed by atoms with Crippen LogP contribution < -0.4 is 5.32 Å². The van der Waals surface area contributed by atoms with Crippen molar-refractivity contribution in [2.45, 2.75) is 46.1 Å². The lowest BCUT2D eigenvalue weighted by molar-refractivity contribution is -0.124. The number of β-amino-alcohol motifs (C(OH)–C–C–N with tert-alkyl or cyclic N) is 1. The first-order chi connectivity index (χ1) is 10.8. The second kappa shape index (κ2) is 7.13. The molecule has 0 bridgehead atoms. The molecule has 1 aromatic rings. The van der Waals surface area contributed by atoms with Gasteiger partial charge in [0.25, 0.3) is 5.91 Å². The van der Waals surface area contributed by atoms with Crippen molar-refractivity contribution in [2.75, 3.05) is 18.4 Å². The summed E-state index contributed by atoms with van der Waals surface area (Å²) in [7, 11) is 0. The maximum absolute atomic E-state index is 12.5. The summed E-state index contributed by atoms with van der Waals surface area (Å²) in [5.41, 5.74) is 0.711. The molecule has 0 aromatic heterocycles. The lowest BCUT2D eigenvalue weighted by atomic mass is 9.89. The predicted molar refractivity (Wildman–Crippen MR) is 90.3 cm³/mol. The Kier molecular flexibility index (Phi) is 5.42. The zero-order valence-electron chi connectivity index (χ0n) is 14.1. The second-order valence-corrected chi connectivity index (χ2v) is 6.82. The fraction of sp³-hybridized carbons (Fsp3) is 0.556. The van der Waals surface area contributed by atoms with Crippen molar-refractivity contribution in [1.82, 2.24) is 4.90 Å². The third-order valence-electron chi connectivity index (χ3n) is 4.55. The number of nitrogens with zero attached hydrogens (tertiary/aromatic N) is 1. The SMILES string of the molecule is CCC(C)(C)C(=O)Nc1cccc(C(=O)N2CCCC(O)C2)c1. The highest BCUT2D eigenvalue weighted by Gasteiger charge is 2.26. The standard InChI is InChI=1S/C18H26N2O3/c1-4-18(2,3)17(23)19-14-8-5-7-13(11-14)16(22)20-10-6-9-15(21)12-20/h5,7-8,11,15,21H,4,6,9-10,12H2,1-3H3,(H,19,23). The van der Waals surface area contributed by atoms with E-state index in [2.05, 4.69) is 5.32 Å². The summed E-state index contributed by atoms with van der Waals surface area (Å²) < 4.78 is 0. The van der Waals surface area contributed by atoms with Gasteiger partial charge in [-0.2, -0.15) is 0 Å². The first kappa shape index (κ1) is 17.5. The maximum atomic E-state index is 12.5. The maximum Gasteiger partial charge on any atom is 0.254 e. The minimum Gasteiger partial charge on any atom is -0.391 e. The van der Waals surface area contributed by atoms with E-state index in [1.807, 2.05) is 20.8 Å². The first-order valence-corrected chi connectivity index (χ1v) is 8.22. The number of aliphatic hydroxyl groups excluding tert-OH is 1. The Labute approximate surface area is 137 Å². The molecule has 5 nitrogen and oxygen atoms in total. The number of hydrogen-bond donors (Lipinski definition) is 2. The molecule has 1 aromatic carbocycles. The van der Waals surface area contributed by atoms with E-state index in [9.17, 15) is 14.7 Å². The fourth-order valence-electron chi connectivity index (χ4n) is 2.51. The van der Waals surface area contributed by atoms with E-state index in [0.29, 0.717) is 24.3 Å². The van der Waals surface area contributed by atoms with E-state index in [1.165, 1.54) is 0 Å². The summed E-state index contributed by atoms with van der Waals surface area (Å²) in [6.07, 6.45) is 1.85. The molecule has 5 heteroatoms. The quantitative estimate of drug-likeness (QED) is 0.896. The second-order valence-electron chi connectivity index (χ2n) is 6.82.